The summed E-state index contributed by atoms with van der Waals surface area (Å²) < 4.78 is 1.31. The number of aromatic nitrogens is 1. The lowest BCUT2D eigenvalue weighted by molar-refractivity contribution is 1.33. The third-order valence-electron chi connectivity index (χ3n) is 2.75. The normalized spacial score (nSPS) is 10.6. The number of aryl methyl sites for hydroxylation is 1. The molecule has 0 atom stereocenters. The number of hydrogen-bond acceptors (Lipinski definition) is 3. The van der Waals surface area contributed by atoms with Gasteiger partial charge in [0.1, 0.15) is 0 Å². The van der Waals surface area contributed by atoms with Crippen LogP contribution in [-0.4, -0.2) is 4.98 Å². The van der Waals surface area contributed by atoms with Crippen molar-refractivity contribution >= 4 is 32.8 Å². The first-order valence-electron chi connectivity index (χ1n) is 5.48. The Kier molecular flexibility index (Phi) is 2.53. The van der Waals surface area contributed by atoms with Crippen molar-refractivity contribution < 1.29 is 0 Å². The predicted molar refractivity (Wildman–Crippen MR) is 74.1 cm³/mol. The Labute approximate surface area is 104 Å². The van der Waals surface area contributed by atoms with Gasteiger partial charge in [-0.1, -0.05) is 12.1 Å². The second kappa shape index (κ2) is 4.18. The minimum atomic E-state index is 1.07. The van der Waals surface area contributed by atoms with Gasteiger partial charge >= 0.3 is 0 Å². The molecule has 2 nitrogen and oxygen atoms in total. The molecule has 17 heavy (non-hydrogen) atoms. The molecular formula is C14H12N2S. The predicted octanol–water partition coefficient (Wildman–Crippen LogP) is 4.35. The summed E-state index contributed by atoms with van der Waals surface area (Å²) in [6, 6.07) is 10.3. The molecule has 0 amide bonds. The zero-order valence-corrected chi connectivity index (χ0v) is 10.3. The van der Waals surface area contributed by atoms with Gasteiger partial charge in [-0.3, -0.25) is 4.98 Å². The summed E-state index contributed by atoms with van der Waals surface area (Å²) in [4.78, 5) is 4.02. The zero-order chi connectivity index (χ0) is 11.7. The maximum absolute atomic E-state index is 4.02. The first-order chi connectivity index (χ1) is 8.34. The molecule has 3 rings (SSSR count). The SMILES string of the molecule is Cc1csc2c(Nc3ccncc3)cccc12. The number of fused-ring (bicyclic) bond motifs is 1. The van der Waals surface area contributed by atoms with Gasteiger partial charge in [0.2, 0.25) is 0 Å². The van der Waals surface area contributed by atoms with Crippen molar-refractivity contribution in [3.05, 3.63) is 53.7 Å². The molecule has 84 valence electrons. The summed E-state index contributed by atoms with van der Waals surface area (Å²) >= 11 is 1.78. The molecule has 0 fully saturated rings. The maximum atomic E-state index is 4.02. The van der Waals surface area contributed by atoms with Crippen molar-refractivity contribution in [3.63, 3.8) is 0 Å². The highest BCUT2D eigenvalue weighted by atomic mass is 32.1. The van der Waals surface area contributed by atoms with Gasteiger partial charge in [-0.05, 0) is 41.5 Å². The van der Waals surface area contributed by atoms with E-state index in [1.165, 1.54) is 15.6 Å². The van der Waals surface area contributed by atoms with Gasteiger partial charge in [-0.15, -0.1) is 11.3 Å². The van der Waals surface area contributed by atoms with E-state index < -0.39 is 0 Å². The Balaban J connectivity index is 2.06. The number of rotatable bonds is 2. The minimum Gasteiger partial charge on any atom is -0.354 e. The Morgan fingerprint density at radius 2 is 1.94 bits per heavy atom. The van der Waals surface area contributed by atoms with Crippen molar-refractivity contribution in [2.24, 2.45) is 0 Å². The van der Waals surface area contributed by atoms with Crippen LogP contribution in [0.3, 0.4) is 0 Å². The Morgan fingerprint density at radius 1 is 1.12 bits per heavy atom. The van der Waals surface area contributed by atoms with Crippen LogP contribution in [0, 0.1) is 6.92 Å². The molecule has 0 saturated carbocycles. The van der Waals surface area contributed by atoms with Crippen molar-refractivity contribution in [1.82, 2.24) is 4.98 Å². The monoisotopic (exact) mass is 240 g/mol. The highest BCUT2D eigenvalue weighted by molar-refractivity contribution is 7.18. The highest BCUT2D eigenvalue weighted by Gasteiger charge is 2.04. The molecular weight excluding hydrogens is 228 g/mol. The van der Waals surface area contributed by atoms with Crippen LogP contribution in [0.15, 0.2) is 48.1 Å². The lowest BCUT2D eigenvalue weighted by atomic mass is 10.2. The second-order valence-electron chi connectivity index (χ2n) is 3.96. The molecule has 0 bridgehead atoms. The summed E-state index contributed by atoms with van der Waals surface area (Å²) in [5, 5.41) is 6.96. The third kappa shape index (κ3) is 1.89. The maximum Gasteiger partial charge on any atom is 0.0580 e. The van der Waals surface area contributed by atoms with Crippen molar-refractivity contribution in [3.8, 4) is 0 Å². The average Bonchev–Trinajstić information content (AvgIpc) is 2.74. The number of anilines is 2. The fraction of sp³-hybridized carbons (Fsp3) is 0.0714. The number of benzene rings is 1. The van der Waals surface area contributed by atoms with E-state index in [4.69, 9.17) is 0 Å². The van der Waals surface area contributed by atoms with E-state index in [0.29, 0.717) is 0 Å². The number of nitrogens with zero attached hydrogens (tertiary/aromatic N) is 1. The van der Waals surface area contributed by atoms with Crippen LogP contribution in [0.4, 0.5) is 11.4 Å². The Morgan fingerprint density at radius 3 is 2.76 bits per heavy atom. The standard InChI is InChI=1S/C14H12N2S/c1-10-9-17-14-12(10)3-2-4-13(14)16-11-5-7-15-8-6-11/h2-9H,1H3,(H,15,16). The number of thiophene rings is 1. The van der Waals surface area contributed by atoms with Crippen LogP contribution in [-0.2, 0) is 0 Å². The lowest BCUT2D eigenvalue weighted by Crippen LogP contribution is -1.89. The van der Waals surface area contributed by atoms with Gasteiger partial charge < -0.3 is 5.32 Å². The second-order valence-corrected chi connectivity index (χ2v) is 4.84. The van der Waals surface area contributed by atoms with Crippen molar-refractivity contribution in [2.75, 3.05) is 5.32 Å². The fourth-order valence-electron chi connectivity index (χ4n) is 1.87. The molecule has 2 heterocycles. The van der Waals surface area contributed by atoms with Crippen LogP contribution in [0.25, 0.3) is 10.1 Å². The molecule has 2 aromatic heterocycles. The number of pyridine rings is 1. The Bertz CT molecular complexity index is 644. The molecule has 1 N–H and O–H groups in total. The molecule has 0 saturated heterocycles. The van der Waals surface area contributed by atoms with Crippen LogP contribution in [0.2, 0.25) is 0 Å². The van der Waals surface area contributed by atoms with Gasteiger partial charge in [-0.25, -0.2) is 0 Å². The zero-order valence-electron chi connectivity index (χ0n) is 9.47. The summed E-state index contributed by atoms with van der Waals surface area (Å²) in [5.41, 5.74) is 3.56. The topological polar surface area (TPSA) is 24.9 Å². The smallest absolute Gasteiger partial charge is 0.0580 e. The summed E-state index contributed by atoms with van der Waals surface area (Å²) in [6.45, 7) is 2.15. The average molecular weight is 240 g/mol. The molecule has 3 aromatic rings. The largest absolute Gasteiger partial charge is 0.354 e. The van der Waals surface area contributed by atoms with E-state index in [1.54, 1.807) is 23.7 Å². The third-order valence-corrected chi connectivity index (χ3v) is 3.90. The van der Waals surface area contributed by atoms with E-state index >= 15 is 0 Å². The first kappa shape index (κ1) is 10.3. The Hall–Kier alpha value is -1.87. The van der Waals surface area contributed by atoms with E-state index in [0.717, 1.165) is 11.4 Å². The quantitative estimate of drug-likeness (QED) is 0.720. The van der Waals surface area contributed by atoms with Crippen molar-refractivity contribution in [1.29, 1.82) is 0 Å². The summed E-state index contributed by atoms with van der Waals surface area (Å²) in [7, 11) is 0. The first-order valence-corrected chi connectivity index (χ1v) is 6.36. The van der Waals surface area contributed by atoms with Gasteiger partial charge in [0, 0.05) is 18.1 Å². The van der Waals surface area contributed by atoms with E-state index in [2.05, 4.69) is 40.8 Å². The molecule has 0 unspecified atom stereocenters. The van der Waals surface area contributed by atoms with Crippen molar-refractivity contribution in [2.45, 2.75) is 6.92 Å². The molecule has 0 spiro atoms. The van der Waals surface area contributed by atoms with Gasteiger partial charge in [-0.2, -0.15) is 0 Å². The van der Waals surface area contributed by atoms with Crippen LogP contribution in [0.5, 0.6) is 0 Å². The van der Waals surface area contributed by atoms with Gasteiger partial charge in [0.05, 0.1) is 10.4 Å². The van der Waals surface area contributed by atoms with Gasteiger partial charge in [0.15, 0.2) is 0 Å². The van der Waals surface area contributed by atoms with E-state index in [-0.39, 0.29) is 0 Å². The number of nitrogens with one attached hydrogen (secondary N) is 1. The minimum absolute atomic E-state index is 1.07. The molecule has 0 aliphatic carbocycles. The summed E-state index contributed by atoms with van der Waals surface area (Å²) in [5.74, 6) is 0. The van der Waals surface area contributed by atoms with Crippen LogP contribution in [0.1, 0.15) is 5.56 Å². The van der Waals surface area contributed by atoms with E-state index in [1.807, 2.05) is 12.1 Å². The fourth-order valence-corrected chi connectivity index (χ4v) is 2.90. The van der Waals surface area contributed by atoms with Crippen LogP contribution >= 0.6 is 11.3 Å². The highest BCUT2D eigenvalue weighted by Crippen LogP contribution is 2.33. The lowest BCUT2D eigenvalue weighted by Gasteiger charge is -2.07. The molecule has 0 aliphatic heterocycles. The molecule has 0 aliphatic rings. The summed E-state index contributed by atoms with van der Waals surface area (Å²) in [6.07, 6.45) is 3.59. The van der Waals surface area contributed by atoms with Crippen LogP contribution < -0.4 is 5.32 Å². The van der Waals surface area contributed by atoms with E-state index in [9.17, 15) is 0 Å². The molecule has 0 radical (unpaired) electrons. The number of hydrogen-bond donors (Lipinski definition) is 1. The molecule has 1 aromatic carbocycles. The molecule has 3 heteroatoms. The van der Waals surface area contributed by atoms with Gasteiger partial charge in [0.25, 0.3) is 0 Å².